The second-order valence-corrected chi connectivity index (χ2v) is 5.98. The molecule has 1 atom stereocenters. The molecule has 0 fully saturated rings. The van der Waals surface area contributed by atoms with Crippen LogP contribution in [0.5, 0.6) is 0 Å². The summed E-state index contributed by atoms with van der Waals surface area (Å²) in [5.74, 6) is -2.82. The number of rotatable bonds is 7. The molecule has 1 aromatic carbocycles. The first kappa shape index (κ1) is 16.8. The molecule has 0 aliphatic carbocycles. The van der Waals surface area contributed by atoms with Gasteiger partial charge in [0.15, 0.2) is 5.78 Å². The molecule has 0 spiro atoms. The summed E-state index contributed by atoms with van der Waals surface area (Å²) in [6.45, 7) is 1.27. The lowest BCUT2D eigenvalue weighted by Crippen LogP contribution is -2.43. The number of Topliss-reactive ketones (excluding diaryl/α,β-unsaturated/α-hetero) is 1. The summed E-state index contributed by atoms with van der Waals surface area (Å²) in [7, 11) is -4.20. The Morgan fingerprint density at radius 1 is 1.33 bits per heavy atom. The monoisotopic (exact) mass is 314 g/mol. The zero-order chi connectivity index (χ0) is 16.2. The van der Waals surface area contributed by atoms with E-state index in [-0.39, 0.29) is 16.2 Å². The number of ketones is 1. The molecule has 114 valence electrons. The highest BCUT2D eigenvalue weighted by atomic mass is 32.2. The molecular weight excluding hydrogens is 300 g/mol. The third kappa shape index (κ3) is 4.65. The van der Waals surface area contributed by atoms with E-state index in [4.69, 9.17) is 10.8 Å². The van der Waals surface area contributed by atoms with E-state index in [0.29, 0.717) is 0 Å². The molecule has 0 radical (unpaired) electrons. The molecule has 0 saturated carbocycles. The van der Waals surface area contributed by atoms with Crippen LogP contribution in [0.25, 0.3) is 0 Å². The van der Waals surface area contributed by atoms with Gasteiger partial charge in [-0.25, -0.2) is 8.42 Å². The largest absolute Gasteiger partial charge is 0.480 e. The first-order valence-corrected chi connectivity index (χ1v) is 7.26. The lowest BCUT2D eigenvalue weighted by Gasteiger charge is -2.13. The quantitative estimate of drug-likeness (QED) is 0.578. The Morgan fingerprint density at radius 3 is 2.43 bits per heavy atom. The number of benzene rings is 1. The van der Waals surface area contributed by atoms with E-state index >= 15 is 0 Å². The van der Waals surface area contributed by atoms with E-state index in [1.165, 1.54) is 25.1 Å². The van der Waals surface area contributed by atoms with Crippen LogP contribution < -0.4 is 10.5 Å². The Bertz CT molecular complexity index is 683. The fourth-order valence-electron chi connectivity index (χ4n) is 1.52. The van der Waals surface area contributed by atoms with Crippen LogP contribution in [0.2, 0.25) is 0 Å². The van der Waals surface area contributed by atoms with E-state index in [1.807, 2.05) is 4.72 Å². The normalized spacial score (nSPS) is 12.6. The number of hydrogen-bond donors (Lipinski definition) is 3. The van der Waals surface area contributed by atoms with Gasteiger partial charge in [-0.05, 0) is 19.1 Å². The molecular formula is C12H14N2O6S. The molecule has 1 amide bonds. The minimum Gasteiger partial charge on any atom is -0.480 e. The lowest BCUT2D eigenvalue weighted by atomic mass is 10.2. The van der Waals surface area contributed by atoms with E-state index < -0.39 is 34.4 Å². The molecule has 1 rings (SSSR count). The maximum absolute atomic E-state index is 12.1. The number of aliphatic carboxylic acids is 1. The summed E-state index contributed by atoms with van der Waals surface area (Å²) in [6, 6.07) is 3.44. The number of carbonyl (C=O) groups is 3. The van der Waals surface area contributed by atoms with Crippen LogP contribution in [0.15, 0.2) is 29.2 Å². The van der Waals surface area contributed by atoms with E-state index in [9.17, 15) is 22.8 Å². The first-order chi connectivity index (χ1) is 9.63. The van der Waals surface area contributed by atoms with Crippen LogP contribution >= 0.6 is 0 Å². The van der Waals surface area contributed by atoms with Crippen molar-refractivity contribution in [2.24, 2.45) is 5.73 Å². The average molecular weight is 314 g/mol. The predicted octanol–water partition coefficient (Wildman–Crippen LogP) is -0.504. The van der Waals surface area contributed by atoms with Crippen LogP contribution in [0, 0.1) is 0 Å². The van der Waals surface area contributed by atoms with Gasteiger partial charge in [0.05, 0.1) is 11.3 Å². The van der Waals surface area contributed by atoms with Gasteiger partial charge >= 0.3 is 5.97 Å². The summed E-state index contributed by atoms with van der Waals surface area (Å²) in [6.07, 6.45) is -0.680. The molecule has 0 aromatic heterocycles. The number of hydrogen-bond acceptors (Lipinski definition) is 5. The van der Waals surface area contributed by atoms with Gasteiger partial charge in [0, 0.05) is 5.56 Å². The fraction of sp³-hybridized carbons (Fsp3) is 0.250. The summed E-state index contributed by atoms with van der Waals surface area (Å²) >= 11 is 0. The smallest absolute Gasteiger partial charge is 0.322 e. The molecule has 0 bridgehead atoms. The SMILES string of the molecule is CC(=O)c1cccc(S(=O)(=O)NC(CC(N)=O)C(=O)O)c1. The van der Waals surface area contributed by atoms with Crippen molar-refractivity contribution < 1.29 is 27.9 Å². The van der Waals surface area contributed by atoms with Crippen molar-refractivity contribution in [3.05, 3.63) is 29.8 Å². The molecule has 0 aliphatic rings. The summed E-state index contributed by atoms with van der Waals surface area (Å²) in [4.78, 5) is 32.6. The van der Waals surface area contributed by atoms with Crippen molar-refractivity contribution >= 4 is 27.7 Å². The molecule has 9 heteroatoms. The number of sulfonamides is 1. The molecule has 1 aromatic rings. The fourth-order valence-corrected chi connectivity index (χ4v) is 2.75. The summed E-state index contributed by atoms with van der Waals surface area (Å²) in [5.41, 5.74) is 5.04. The Balaban J connectivity index is 3.10. The zero-order valence-electron chi connectivity index (χ0n) is 11.1. The van der Waals surface area contributed by atoms with Crippen LogP contribution in [0.1, 0.15) is 23.7 Å². The molecule has 0 aliphatic heterocycles. The number of nitrogens with one attached hydrogen (secondary N) is 1. The third-order valence-electron chi connectivity index (χ3n) is 2.55. The lowest BCUT2D eigenvalue weighted by molar-refractivity contribution is -0.140. The average Bonchev–Trinajstić information content (AvgIpc) is 2.37. The number of amides is 1. The molecule has 0 saturated heterocycles. The van der Waals surface area contributed by atoms with Crippen molar-refractivity contribution in [3.8, 4) is 0 Å². The Hall–Kier alpha value is -2.26. The Kier molecular flexibility index (Phi) is 5.17. The van der Waals surface area contributed by atoms with Gasteiger partial charge in [0.25, 0.3) is 0 Å². The standard InChI is InChI=1S/C12H14N2O6S/c1-7(15)8-3-2-4-9(5-8)21(19,20)14-10(12(17)18)6-11(13)16/h2-5,10,14H,6H2,1H3,(H2,13,16)(H,17,18). The van der Waals surface area contributed by atoms with Crippen molar-refractivity contribution in [2.45, 2.75) is 24.3 Å². The number of nitrogens with two attached hydrogens (primary N) is 1. The second kappa shape index (κ2) is 6.46. The van der Waals surface area contributed by atoms with Gasteiger partial charge in [-0.2, -0.15) is 4.72 Å². The van der Waals surface area contributed by atoms with Gasteiger partial charge in [-0.15, -0.1) is 0 Å². The minimum atomic E-state index is -4.20. The van der Waals surface area contributed by atoms with E-state index in [0.717, 1.165) is 6.07 Å². The third-order valence-corrected chi connectivity index (χ3v) is 4.02. The zero-order valence-corrected chi connectivity index (χ0v) is 11.9. The molecule has 4 N–H and O–H groups in total. The highest BCUT2D eigenvalue weighted by Gasteiger charge is 2.27. The van der Waals surface area contributed by atoms with Crippen LogP contribution in [-0.2, 0) is 19.6 Å². The van der Waals surface area contributed by atoms with Gasteiger partial charge in [0.2, 0.25) is 15.9 Å². The molecule has 0 heterocycles. The predicted molar refractivity (Wildman–Crippen MR) is 72.0 cm³/mol. The van der Waals surface area contributed by atoms with Gasteiger partial charge in [0.1, 0.15) is 6.04 Å². The van der Waals surface area contributed by atoms with Gasteiger partial charge in [-0.3, -0.25) is 14.4 Å². The van der Waals surface area contributed by atoms with Crippen molar-refractivity contribution in [3.63, 3.8) is 0 Å². The Labute approximate surface area is 121 Å². The summed E-state index contributed by atoms with van der Waals surface area (Å²) in [5, 5.41) is 8.89. The number of carboxylic acid groups (broad SMARTS) is 1. The summed E-state index contributed by atoms with van der Waals surface area (Å²) < 4.78 is 26.0. The highest BCUT2D eigenvalue weighted by Crippen LogP contribution is 2.13. The van der Waals surface area contributed by atoms with Crippen molar-refractivity contribution in [1.29, 1.82) is 0 Å². The van der Waals surface area contributed by atoms with Crippen LogP contribution in [-0.4, -0.2) is 37.2 Å². The van der Waals surface area contributed by atoms with Crippen LogP contribution in [0.4, 0.5) is 0 Å². The van der Waals surface area contributed by atoms with Gasteiger partial charge < -0.3 is 10.8 Å². The molecule has 1 unspecified atom stereocenters. The maximum Gasteiger partial charge on any atom is 0.322 e. The van der Waals surface area contributed by atoms with Crippen molar-refractivity contribution in [2.75, 3.05) is 0 Å². The number of carboxylic acids is 1. The molecule has 21 heavy (non-hydrogen) atoms. The topological polar surface area (TPSA) is 144 Å². The highest BCUT2D eigenvalue weighted by molar-refractivity contribution is 7.89. The molecule has 8 nitrogen and oxygen atoms in total. The number of primary amides is 1. The van der Waals surface area contributed by atoms with Gasteiger partial charge in [-0.1, -0.05) is 12.1 Å². The van der Waals surface area contributed by atoms with E-state index in [1.54, 1.807) is 0 Å². The van der Waals surface area contributed by atoms with Crippen molar-refractivity contribution in [1.82, 2.24) is 4.72 Å². The maximum atomic E-state index is 12.1. The number of carbonyl (C=O) groups excluding carboxylic acids is 2. The van der Waals surface area contributed by atoms with Crippen LogP contribution in [0.3, 0.4) is 0 Å². The van der Waals surface area contributed by atoms with E-state index in [2.05, 4.69) is 0 Å². The Morgan fingerprint density at radius 2 is 1.95 bits per heavy atom. The second-order valence-electron chi connectivity index (χ2n) is 4.27. The first-order valence-electron chi connectivity index (χ1n) is 5.78. The minimum absolute atomic E-state index is 0.166.